The van der Waals surface area contributed by atoms with E-state index in [1.54, 1.807) is 24.3 Å². The highest BCUT2D eigenvalue weighted by Crippen LogP contribution is 2.44. The van der Waals surface area contributed by atoms with Crippen LogP contribution in [-0.2, 0) is 9.59 Å². The smallest absolute Gasteiger partial charge is 0.188 e. The highest BCUT2D eigenvalue weighted by atomic mass is 16.3. The lowest BCUT2D eigenvalue weighted by molar-refractivity contribution is -0.126. The number of nitrogens with zero attached hydrogens (tertiary/aromatic N) is 2. The number of Topliss-reactive ketones (excluding diaryl/α,β-unsaturated/α-hetero) is 1. The normalized spacial score (nSPS) is 23.3. The molecule has 0 amide bonds. The zero-order valence-corrected chi connectivity index (χ0v) is 18.1. The molecule has 1 fully saturated rings. The Morgan fingerprint density at radius 3 is 2.07 bits per heavy atom. The van der Waals surface area contributed by atoms with E-state index in [1.165, 1.54) is 6.08 Å². The minimum atomic E-state index is -1.12. The van der Waals surface area contributed by atoms with Crippen molar-refractivity contribution in [3.63, 3.8) is 0 Å². The summed E-state index contributed by atoms with van der Waals surface area (Å²) in [6, 6.07) is 5.16. The molecule has 6 nitrogen and oxygen atoms in total. The van der Waals surface area contributed by atoms with E-state index < -0.39 is 12.0 Å². The summed E-state index contributed by atoms with van der Waals surface area (Å²) in [6.45, 7) is 11.2. The van der Waals surface area contributed by atoms with Crippen molar-refractivity contribution in [2.24, 2.45) is 0 Å². The molecule has 1 saturated carbocycles. The summed E-state index contributed by atoms with van der Waals surface area (Å²) in [7, 11) is 0. The number of aliphatic hydroxyl groups is 1. The van der Waals surface area contributed by atoms with Gasteiger partial charge in [0.25, 0.3) is 0 Å². The first-order valence-corrected chi connectivity index (χ1v) is 10.6. The van der Waals surface area contributed by atoms with E-state index in [2.05, 4.69) is 4.90 Å². The molecule has 0 heterocycles. The largest absolute Gasteiger partial charge is 0.508 e. The topological polar surface area (TPSA) is 81.1 Å². The highest BCUT2D eigenvalue weighted by molar-refractivity contribution is 6.19. The van der Waals surface area contributed by atoms with Gasteiger partial charge in [-0.25, -0.2) is 0 Å². The zero-order valence-electron chi connectivity index (χ0n) is 18.1. The van der Waals surface area contributed by atoms with Gasteiger partial charge < -0.3 is 20.0 Å². The van der Waals surface area contributed by atoms with Crippen LogP contribution in [0, 0.1) is 0 Å². The maximum Gasteiger partial charge on any atom is 0.188 e. The Morgan fingerprint density at radius 2 is 1.57 bits per heavy atom. The quantitative estimate of drug-likeness (QED) is 0.673. The molecule has 0 aliphatic heterocycles. The summed E-state index contributed by atoms with van der Waals surface area (Å²) in [4.78, 5) is 29.6. The number of carbonyl (C=O) groups excluding carboxylic acids is 2. The van der Waals surface area contributed by atoms with Crippen LogP contribution in [0.5, 0.6) is 5.75 Å². The van der Waals surface area contributed by atoms with Crippen LogP contribution < -0.4 is 4.90 Å². The number of carbonyl (C=O) groups is 2. The zero-order chi connectivity index (χ0) is 22.0. The van der Waals surface area contributed by atoms with Gasteiger partial charge in [0, 0.05) is 66.4 Å². The predicted octanol–water partition coefficient (Wildman–Crippen LogP) is 2.93. The predicted molar refractivity (Wildman–Crippen MR) is 118 cm³/mol. The SMILES string of the molecule is CCN(CC)C1=CC(=O)C(=C2C(=O)C(c3ccc(N(CC)CC)cc3O)C2O)C=C1. The van der Waals surface area contributed by atoms with Gasteiger partial charge in [0.1, 0.15) is 5.75 Å². The maximum absolute atomic E-state index is 12.9. The van der Waals surface area contributed by atoms with Crippen molar-refractivity contribution in [3.8, 4) is 5.75 Å². The lowest BCUT2D eigenvalue weighted by Gasteiger charge is -2.36. The summed E-state index contributed by atoms with van der Waals surface area (Å²) < 4.78 is 0. The second kappa shape index (κ2) is 8.88. The number of likely N-dealkylation sites (N-methyl/N-ethyl adjacent to an activating group) is 1. The first kappa shape index (κ1) is 21.8. The van der Waals surface area contributed by atoms with Crippen LogP contribution in [-0.4, -0.2) is 59.0 Å². The van der Waals surface area contributed by atoms with E-state index in [1.807, 2.05) is 38.7 Å². The van der Waals surface area contributed by atoms with Crippen LogP contribution in [0.15, 0.2) is 53.3 Å². The second-order valence-corrected chi connectivity index (χ2v) is 7.47. The van der Waals surface area contributed by atoms with Crippen molar-refractivity contribution in [1.29, 1.82) is 0 Å². The molecule has 2 aliphatic carbocycles. The summed E-state index contributed by atoms with van der Waals surface area (Å²) in [5, 5.41) is 21.2. The van der Waals surface area contributed by atoms with Gasteiger partial charge in [-0.05, 0) is 45.9 Å². The van der Waals surface area contributed by atoms with Crippen molar-refractivity contribution in [3.05, 3.63) is 58.8 Å². The van der Waals surface area contributed by atoms with Gasteiger partial charge >= 0.3 is 0 Å². The molecule has 3 rings (SSSR count). The average molecular weight is 411 g/mol. The van der Waals surface area contributed by atoms with E-state index >= 15 is 0 Å². The standard InChI is InChI=1S/C24H30N2O4/c1-5-25(6-2)15-9-11-17(19(27)13-15)21-23(29)22(24(21)30)18-12-10-16(14-20(18)28)26(7-3)8-4/h9-14,21,23,27,29H,5-8H2,1-4H3. The molecule has 1 aromatic rings. The molecule has 0 bridgehead atoms. The lowest BCUT2D eigenvalue weighted by atomic mass is 9.68. The van der Waals surface area contributed by atoms with E-state index in [9.17, 15) is 19.8 Å². The van der Waals surface area contributed by atoms with Crippen LogP contribution in [0.3, 0.4) is 0 Å². The molecule has 0 aromatic heterocycles. The second-order valence-electron chi connectivity index (χ2n) is 7.47. The fraction of sp³-hybridized carbons (Fsp3) is 0.417. The highest BCUT2D eigenvalue weighted by Gasteiger charge is 2.48. The monoisotopic (exact) mass is 410 g/mol. The molecule has 0 spiro atoms. The van der Waals surface area contributed by atoms with Gasteiger partial charge in [-0.3, -0.25) is 9.59 Å². The third-order valence-electron chi connectivity index (χ3n) is 6.02. The third kappa shape index (κ3) is 3.67. The number of phenolic OH excluding ortho intramolecular Hbond substituents is 1. The lowest BCUT2D eigenvalue weighted by Crippen LogP contribution is -2.44. The molecule has 30 heavy (non-hydrogen) atoms. The number of anilines is 1. The number of allylic oxidation sites excluding steroid dienone is 4. The molecule has 1 aromatic carbocycles. The van der Waals surface area contributed by atoms with Crippen molar-refractivity contribution < 1.29 is 19.8 Å². The fourth-order valence-electron chi connectivity index (χ4n) is 4.23. The van der Waals surface area contributed by atoms with Crippen LogP contribution in [0.2, 0.25) is 0 Å². The molecular formula is C24H30N2O4. The Bertz CT molecular complexity index is 937. The number of rotatable bonds is 7. The molecule has 160 valence electrons. The molecule has 0 saturated heterocycles. The van der Waals surface area contributed by atoms with Crippen molar-refractivity contribution in [2.45, 2.75) is 39.7 Å². The summed E-state index contributed by atoms with van der Waals surface area (Å²) >= 11 is 0. The molecule has 2 atom stereocenters. The third-order valence-corrected chi connectivity index (χ3v) is 6.02. The van der Waals surface area contributed by atoms with E-state index in [0.717, 1.165) is 37.6 Å². The summed E-state index contributed by atoms with van der Waals surface area (Å²) in [5.74, 6) is -1.47. The fourth-order valence-corrected chi connectivity index (χ4v) is 4.23. The Kier molecular flexibility index (Phi) is 6.46. The number of phenols is 1. The molecule has 2 aliphatic rings. The summed E-state index contributed by atoms with van der Waals surface area (Å²) in [6.07, 6.45) is 3.82. The first-order chi connectivity index (χ1) is 14.4. The molecule has 2 N–H and O–H groups in total. The molecule has 6 heteroatoms. The Morgan fingerprint density at radius 1 is 0.933 bits per heavy atom. The minimum absolute atomic E-state index is 0.0184. The first-order valence-electron chi connectivity index (χ1n) is 10.6. The van der Waals surface area contributed by atoms with Crippen molar-refractivity contribution in [2.75, 3.05) is 31.1 Å². The number of ketones is 2. The average Bonchev–Trinajstić information content (AvgIpc) is 2.73. The molecule has 2 unspecified atom stereocenters. The van der Waals surface area contributed by atoms with Crippen LogP contribution in [0.4, 0.5) is 5.69 Å². The van der Waals surface area contributed by atoms with Gasteiger partial charge in [-0.15, -0.1) is 0 Å². The summed E-state index contributed by atoms with van der Waals surface area (Å²) in [5.41, 5.74) is 2.42. The van der Waals surface area contributed by atoms with Gasteiger partial charge in [-0.2, -0.15) is 0 Å². The number of hydrogen-bond acceptors (Lipinski definition) is 6. The van der Waals surface area contributed by atoms with Crippen LogP contribution >= 0.6 is 0 Å². The number of aromatic hydroxyl groups is 1. The van der Waals surface area contributed by atoms with Crippen LogP contribution in [0.25, 0.3) is 0 Å². The number of hydrogen-bond donors (Lipinski definition) is 2. The Hall–Kier alpha value is -2.86. The number of benzene rings is 1. The maximum atomic E-state index is 12.9. The van der Waals surface area contributed by atoms with Gasteiger partial charge in [-0.1, -0.05) is 6.07 Å². The van der Waals surface area contributed by atoms with Gasteiger partial charge in [0.2, 0.25) is 0 Å². The van der Waals surface area contributed by atoms with E-state index in [4.69, 9.17) is 0 Å². The Balaban J connectivity index is 1.86. The molecular weight excluding hydrogens is 380 g/mol. The Labute approximate surface area is 177 Å². The van der Waals surface area contributed by atoms with Gasteiger partial charge in [0.05, 0.1) is 12.0 Å². The minimum Gasteiger partial charge on any atom is -0.508 e. The molecule has 0 radical (unpaired) electrons. The van der Waals surface area contributed by atoms with Gasteiger partial charge in [0.15, 0.2) is 11.6 Å². The van der Waals surface area contributed by atoms with E-state index in [0.29, 0.717) is 5.56 Å². The number of aliphatic hydroxyl groups excluding tert-OH is 1. The van der Waals surface area contributed by atoms with Crippen LogP contribution in [0.1, 0.15) is 39.2 Å². The van der Waals surface area contributed by atoms with Crippen molar-refractivity contribution >= 4 is 17.3 Å². The van der Waals surface area contributed by atoms with Crippen molar-refractivity contribution in [1.82, 2.24) is 4.90 Å². The van der Waals surface area contributed by atoms with E-state index in [-0.39, 0.29) is 28.5 Å².